The summed E-state index contributed by atoms with van der Waals surface area (Å²) >= 11 is 0. The van der Waals surface area contributed by atoms with E-state index in [0.29, 0.717) is 22.6 Å². The van der Waals surface area contributed by atoms with Crippen LogP contribution >= 0.6 is 0 Å². The Morgan fingerprint density at radius 2 is 1.47 bits per heavy atom. The van der Waals surface area contributed by atoms with Crippen molar-refractivity contribution in [2.75, 3.05) is 14.2 Å². The molecule has 0 unspecified atom stereocenters. The fraction of sp³-hybridized carbons (Fsp3) is 0.0800. The molecular weight excluding hydrogens is 406 g/mol. The van der Waals surface area contributed by atoms with E-state index in [0.717, 1.165) is 5.56 Å². The topological polar surface area (TPSA) is 89.0 Å². The first kappa shape index (κ1) is 22.3. The van der Waals surface area contributed by atoms with Crippen molar-refractivity contribution in [2.45, 2.75) is 0 Å². The lowest BCUT2D eigenvalue weighted by atomic mass is 10.1. The predicted molar refractivity (Wildman–Crippen MR) is 124 cm³/mol. The molecule has 0 fully saturated rings. The molecule has 0 aromatic heterocycles. The standard InChI is InChI=1S/C25H23N3O4/c1-31-22-14-13-19(16-23(22)32-2)15-21(27-24(29)20-11-7-4-8-12-20)25(30)28-26-17-18-9-5-3-6-10-18/h3-17H,1-2H3,(H,27,29)(H,28,30). The molecule has 0 atom stereocenters. The van der Waals surface area contributed by atoms with E-state index in [-0.39, 0.29) is 5.70 Å². The molecule has 7 heteroatoms. The highest BCUT2D eigenvalue weighted by Crippen LogP contribution is 2.28. The normalized spacial score (nSPS) is 11.1. The molecule has 0 heterocycles. The molecule has 3 aromatic carbocycles. The highest BCUT2D eigenvalue weighted by molar-refractivity contribution is 6.05. The van der Waals surface area contributed by atoms with Crippen molar-refractivity contribution < 1.29 is 19.1 Å². The van der Waals surface area contributed by atoms with Crippen LogP contribution in [0.5, 0.6) is 11.5 Å². The van der Waals surface area contributed by atoms with Gasteiger partial charge in [0, 0.05) is 5.56 Å². The molecule has 3 rings (SSSR count). The van der Waals surface area contributed by atoms with Gasteiger partial charge in [-0.05, 0) is 41.5 Å². The summed E-state index contributed by atoms with van der Waals surface area (Å²) < 4.78 is 10.6. The van der Waals surface area contributed by atoms with Gasteiger partial charge in [0.25, 0.3) is 11.8 Å². The predicted octanol–water partition coefficient (Wildman–Crippen LogP) is 3.63. The molecule has 0 aliphatic heterocycles. The number of ether oxygens (including phenoxy) is 2. The highest BCUT2D eigenvalue weighted by atomic mass is 16.5. The van der Waals surface area contributed by atoms with Crippen molar-refractivity contribution >= 4 is 24.1 Å². The van der Waals surface area contributed by atoms with Crippen LogP contribution in [0.1, 0.15) is 21.5 Å². The van der Waals surface area contributed by atoms with Gasteiger partial charge in [0.1, 0.15) is 5.70 Å². The lowest BCUT2D eigenvalue weighted by Crippen LogP contribution is -2.32. The van der Waals surface area contributed by atoms with Gasteiger partial charge in [0.05, 0.1) is 20.4 Å². The summed E-state index contributed by atoms with van der Waals surface area (Å²) in [5.74, 6) is 0.0599. The Morgan fingerprint density at radius 1 is 0.812 bits per heavy atom. The maximum absolute atomic E-state index is 12.8. The summed E-state index contributed by atoms with van der Waals surface area (Å²) in [7, 11) is 3.06. The largest absolute Gasteiger partial charge is 0.493 e. The molecule has 162 valence electrons. The molecule has 32 heavy (non-hydrogen) atoms. The number of hydrogen-bond acceptors (Lipinski definition) is 5. The van der Waals surface area contributed by atoms with Crippen LogP contribution in [0, 0.1) is 0 Å². The third-order valence-corrected chi connectivity index (χ3v) is 4.43. The van der Waals surface area contributed by atoms with Gasteiger partial charge in [0.15, 0.2) is 11.5 Å². The van der Waals surface area contributed by atoms with Crippen molar-refractivity contribution in [2.24, 2.45) is 5.10 Å². The van der Waals surface area contributed by atoms with Gasteiger partial charge in [0.2, 0.25) is 0 Å². The van der Waals surface area contributed by atoms with Crippen LogP contribution in [0.4, 0.5) is 0 Å². The van der Waals surface area contributed by atoms with Crippen LogP contribution in [0.3, 0.4) is 0 Å². The van der Waals surface area contributed by atoms with Gasteiger partial charge < -0.3 is 14.8 Å². The van der Waals surface area contributed by atoms with Gasteiger partial charge in [-0.1, -0.05) is 54.6 Å². The number of carbonyl (C=O) groups excluding carboxylic acids is 2. The second-order valence-electron chi connectivity index (χ2n) is 6.60. The first-order chi connectivity index (χ1) is 15.6. The van der Waals surface area contributed by atoms with E-state index in [1.807, 2.05) is 36.4 Å². The first-order valence-electron chi connectivity index (χ1n) is 9.79. The second kappa shape index (κ2) is 11.1. The molecule has 0 bridgehead atoms. The number of nitrogens with zero attached hydrogens (tertiary/aromatic N) is 1. The maximum Gasteiger partial charge on any atom is 0.287 e. The van der Waals surface area contributed by atoms with Crippen molar-refractivity contribution in [3.05, 3.63) is 101 Å². The second-order valence-corrected chi connectivity index (χ2v) is 6.60. The Labute approximate surface area is 186 Å². The van der Waals surface area contributed by atoms with E-state index in [4.69, 9.17) is 9.47 Å². The quantitative estimate of drug-likeness (QED) is 0.325. The molecule has 0 spiro atoms. The summed E-state index contributed by atoms with van der Waals surface area (Å²) in [4.78, 5) is 25.5. The average Bonchev–Trinajstić information content (AvgIpc) is 2.84. The third kappa shape index (κ3) is 6.06. The van der Waals surface area contributed by atoms with E-state index < -0.39 is 11.8 Å². The number of rotatable bonds is 8. The molecular formula is C25H23N3O4. The Balaban J connectivity index is 1.86. The van der Waals surface area contributed by atoms with E-state index >= 15 is 0 Å². The Morgan fingerprint density at radius 3 is 2.12 bits per heavy atom. The molecule has 3 aromatic rings. The summed E-state index contributed by atoms with van der Waals surface area (Å²) in [5, 5.41) is 6.64. The smallest absolute Gasteiger partial charge is 0.287 e. The van der Waals surface area contributed by atoms with Gasteiger partial charge in [-0.15, -0.1) is 0 Å². The fourth-order valence-corrected chi connectivity index (χ4v) is 2.82. The highest BCUT2D eigenvalue weighted by Gasteiger charge is 2.15. The zero-order valence-electron chi connectivity index (χ0n) is 17.7. The number of amides is 2. The lowest BCUT2D eigenvalue weighted by molar-refractivity contribution is -0.117. The number of hydrogen-bond donors (Lipinski definition) is 2. The summed E-state index contributed by atoms with van der Waals surface area (Å²) in [6.07, 6.45) is 3.06. The minimum atomic E-state index is -0.573. The fourth-order valence-electron chi connectivity index (χ4n) is 2.82. The van der Waals surface area contributed by atoms with Crippen LogP contribution in [-0.4, -0.2) is 32.2 Å². The van der Waals surface area contributed by atoms with E-state index in [9.17, 15) is 9.59 Å². The van der Waals surface area contributed by atoms with Crippen molar-refractivity contribution in [3.8, 4) is 11.5 Å². The summed E-state index contributed by atoms with van der Waals surface area (Å²) in [6.45, 7) is 0. The van der Waals surface area contributed by atoms with Crippen LogP contribution < -0.4 is 20.2 Å². The zero-order valence-corrected chi connectivity index (χ0v) is 17.7. The molecule has 2 N–H and O–H groups in total. The molecule has 0 aliphatic rings. The van der Waals surface area contributed by atoms with Crippen LogP contribution in [-0.2, 0) is 4.79 Å². The zero-order chi connectivity index (χ0) is 22.8. The first-order valence-corrected chi connectivity index (χ1v) is 9.79. The average molecular weight is 429 g/mol. The number of carbonyl (C=O) groups is 2. The van der Waals surface area contributed by atoms with Gasteiger partial charge in [-0.25, -0.2) is 5.43 Å². The molecule has 0 radical (unpaired) electrons. The minimum Gasteiger partial charge on any atom is -0.493 e. The number of nitrogens with one attached hydrogen (secondary N) is 2. The van der Waals surface area contributed by atoms with E-state index in [2.05, 4.69) is 15.8 Å². The van der Waals surface area contributed by atoms with Gasteiger partial charge in [-0.3, -0.25) is 9.59 Å². The lowest BCUT2D eigenvalue weighted by Gasteiger charge is -2.11. The van der Waals surface area contributed by atoms with Gasteiger partial charge >= 0.3 is 0 Å². The molecule has 2 amide bonds. The summed E-state index contributed by atoms with van der Waals surface area (Å²) in [6, 6.07) is 23.1. The number of methoxy groups -OCH3 is 2. The van der Waals surface area contributed by atoms with E-state index in [1.165, 1.54) is 26.5 Å². The van der Waals surface area contributed by atoms with Crippen LogP contribution in [0.2, 0.25) is 0 Å². The minimum absolute atomic E-state index is 0.0243. The van der Waals surface area contributed by atoms with Crippen molar-refractivity contribution in [1.82, 2.24) is 10.7 Å². The van der Waals surface area contributed by atoms with Crippen LogP contribution in [0.15, 0.2) is 89.7 Å². The van der Waals surface area contributed by atoms with Crippen LogP contribution in [0.25, 0.3) is 6.08 Å². The Hall–Kier alpha value is -4.39. The Kier molecular flexibility index (Phi) is 7.75. The van der Waals surface area contributed by atoms with E-state index in [1.54, 1.807) is 42.5 Å². The van der Waals surface area contributed by atoms with Gasteiger partial charge in [-0.2, -0.15) is 5.10 Å². The summed E-state index contributed by atoms with van der Waals surface area (Å²) in [5.41, 5.74) is 4.36. The monoisotopic (exact) mass is 429 g/mol. The Bertz CT molecular complexity index is 1130. The number of benzene rings is 3. The molecule has 7 nitrogen and oxygen atoms in total. The molecule has 0 saturated carbocycles. The van der Waals surface area contributed by atoms with Crippen molar-refractivity contribution in [3.63, 3.8) is 0 Å². The SMILES string of the molecule is COc1ccc(C=C(NC(=O)c2ccccc2)C(=O)NN=Cc2ccccc2)cc1OC. The molecule has 0 aliphatic carbocycles. The number of hydrazone groups is 1. The molecule has 0 saturated heterocycles. The third-order valence-electron chi connectivity index (χ3n) is 4.43. The van der Waals surface area contributed by atoms with Crippen molar-refractivity contribution in [1.29, 1.82) is 0 Å². The maximum atomic E-state index is 12.8.